The highest BCUT2D eigenvalue weighted by molar-refractivity contribution is 9.10. The Labute approximate surface area is 110 Å². The third-order valence-electron chi connectivity index (χ3n) is 2.16. The number of ether oxygens (including phenoxy) is 2. The lowest BCUT2D eigenvalue weighted by Crippen LogP contribution is -2.21. The Morgan fingerprint density at radius 3 is 2.19 bits per heavy atom. The summed E-state index contributed by atoms with van der Waals surface area (Å²) < 4.78 is 11.2. The van der Waals surface area contributed by atoms with E-state index in [0.717, 1.165) is 10.0 Å². The largest absolute Gasteiger partial charge is 0.493 e. The van der Waals surface area contributed by atoms with E-state index < -0.39 is 0 Å². The molecule has 92 valence electrons. The average molecular weight is 312 g/mol. The Bertz CT molecular complexity index is 350. The highest BCUT2D eigenvalue weighted by Gasteiger charge is 2.13. The van der Waals surface area contributed by atoms with Gasteiger partial charge in [-0.1, -0.05) is 15.9 Å². The van der Waals surface area contributed by atoms with Crippen molar-refractivity contribution in [2.24, 2.45) is 11.5 Å². The Balaban J connectivity index is 0.00000225. The molecule has 0 amide bonds. The zero-order valence-electron chi connectivity index (χ0n) is 9.20. The topological polar surface area (TPSA) is 70.5 Å². The van der Waals surface area contributed by atoms with Gasteiger partial charge >= 0.3 is 0 Å². The van der Waals surface area contributed by atoms with Gasteiger partial charge in [-0.05, 0) is 17.7 Å². The van der Waals surface area contributed by atoms with Crippen LogP contribution < -0.4 is 20.9 Å². The maximum Gasteiger partial charge on any atom is 0.161 e. The highest BCUT2D eigenvalue weighted by atomic mass is 79.9. The molecule has 0 aliphatic rings. The van der Waals surface area contributed by atoms with Gasteiger partial charge < -0.3 is 20.9 Å². The summed E-state index contributed by atoms with van der Waals surface area (Å²) in [5.74, 6) is 1.32. The Morgan fingerprint density at radius 2 is 1.75 bits per heavy atom. The number of hydrogen-bond acceptors (Lipinski definition) is 4. The average Bonchev–Trinajstić information content (AvgIpc) is 2.27. The van der Waals surface area contributed by atoms with Crippen molar-refractivity contribution in [3.05, 3.63) is 22.2 Å². The van der Waals surface area contributed by atoms with Crippen molar-refractivity contribution in [3.8, 4) is 11.5 Å². The molecular formula is C10H16BrClN2O2. The van der Waals surface area contributed by atoms with Gasteiger partial charge in [0.2, 0.25) is 0 Å². The summed E-state index contributed by atoms with van der Waals surface area (Å²) in [6.07, 6.45) is 0. The Morgan fingerprint density at radius 1 is 1.25 bits per heavy atom. The van der Waals surface area contributed by atoms with Crippen molar-refractivity contribution in [2.75, 3.05) is 20.8 Å². The van der Waals surface area contributed by atoms with Crippen LogP contribution in [-0.4, -0.2) is 20.8 Å². The summed E-state index contributed by atoms with van der Waals surface area (Å²) in [5, 5.41) is 0. The zero-order chi connectivity index (χ0) is 11.4. The normalized spacial score (nSPS) is 11.6. The minimum Gasteiger partial charge on any atom is -0.493 e. The SMILES string of the molecule is COc1cc(Br)c([C@H](N)CN)cc1OC.Cl. The first kappa shape index (κ1) is 15.5. The standard InChI is InChI=1S/C10H15BrN2O2.ClH/c1-14-9-3-6(8(13)5-12)7(11)4-10(9)15-2;/h3-4,8H,5,12-13H2,1-2H3;1H/t8-;/m1./s1. The summed E-state index contributed by atoms with van der Waals surface area (Å²) >= 11 is 3.42. The number of benzene rings is 1. The van der Waals surface area contributed by atoms with E-state index in [1.165, 1.54) is 0 Å². The summed E-state index contributed by atoms with van der Waals surface area (Å²) in [6.45, 7) is 0.383. The van der Waals surface area contributed by atoms with Crippen LogP contribution in [0.5, 0.6) is 11.5 Å². The second-order valence-corrected chi connectivity index (χ2v) is 3.93. The van der Waals surface area contributed by atoms with E-state index in [0.29, 0.717) is 18.0 Å². The molecule has 6 heteroatoms. The second-order valence-electron chi connectivity index (χ2n) is 3.07. The molecule has 1 atom stereocenters. The molecule has 0 aliphatic heterocycles. The third-order valence-corrected chi connectivity index (χ3v) is 2.84. The summed E-state index contributed by atoms with van der Waals surface area (Å²) in [4.78, 5) is 0. The highest BCUT2D eigenvalue weighted by Crippen LogP contribution is 2.35. The van der Waals surface area contributed by atoms with Crippen LogP contribution in [0.25, 0.3) is 0 Å². The van der Waals surface area contributed by atoms with Gasteiger partial charge in [-0.3, -0.25) is 0 Å². The summed E-state index contributed by atoms with van der Waals surface area (Å²) in [7, 11) is 3.18. The van der Waals surface area contributed by atoms with Gasteiger partial charge in [0, 0.05) is 17.1 Å². The Hall–Kier alpha value is -0.490. The van der Waals surface area contributed by atoms with E-state index >= 15 is 0 Å². The van der Waals surface area contributed by atoms with Gasteiger partial charge in [0.05, 0.1) is 14.2 Å². The van der Waals surface area contributed by atoms with Crippen LogP contribution in [0.3, 0.4) is 0 Å². The second kappa shape index (κ2) is 6.96. The molecule has 4 N–H and O–H groups in total. The molecule has 0 aliphatic carbocycles. The lowest BCUT2D eigenvalue weighted by Gasteiger charge is -2.15. The summed E-state index contributed by atoms with van der Waals surface area (Å²) in [6, 6.07) is 3.45. The van der Waals surface area contributed by atoms with Crippen molar-refractivity contribution in [1.82, 2.24) is 0 Å². The van der Waals surface area contributed by atoms with Gasteiger partial charge in [0.15, 0.2) is 11.5 Å². The fourth-order valence-electron chi connectivity index (χ4n) is 1.28. The van der Waals surface area contributed by atoms with Crippen molar-refractivity contribution >= 4 is 28.3 Å². The van der Waals surface area contributed by atoms with Crippen LogP contribution >= 0.6 is 28.3 Å². The van der Waals surface area contributed by atoms with E-state index in [1.807, 2.05) is 12.1 Å². The molecule has 0 radical (unpaired) electrons. The molecule has 1 aromatic carbocycles. The molecule has 16 heavy (non-hydrogen) atoms. The number of methoxy groups -OCH3 is 2. The lowest BCUT2D eigenvalue weighted by molar-refractivity contribution is 0.354. The van der Waals surface area contributed by atoms with Crippen LogP contribution in [0.15, 0.2) is 16.6 Å². The predicted octanol–water partition coefficient (Wildman–Crippen LogP) is 1.85. The zero-order valence-corrected chi connectivity index (χ0v) is 11.6. The molecule has 1 rings (SSSR count). The molecule has 1 aromatic rings. The van der Waals surface area contributed by atoms with Gasteiger partial charge in [-0.15, -0.1) is 12.4 Å². The maximum absolute atomic E-state index is 5.86. The molecule has 4 nitrogen and oxygen atoms in total. The fourth-order valence-corrected chi connectivity index (χ4v) is 1.90. The molecule has 0 aromatic heterocycles. The van der Waals surface area contributed by atoms with Crippen LogP contribution in [0.1, 0.15) is 11.6 Å². The monoisotopic (exact) mass is 310 g/mol. The van der Waals surface area contributed by atoms with Crippen LogP contribution in [-0.2, 0) is 0 Å². The van der Waals surface area contributed by atoms with Crippen LogP contribution in [0, 0.1) is 0 Å². The molecule has 0 saturated heterocycles. The van der Waals surface area contributed by atoms with Gasteiger partial charge in [0.25, 0.3) is 0 Å². The number of halogens is 2. The van der Waals surface area contributed by atoms with Gasteiger partial charge in [0.1, 0.15) is 0 Å². The number of nitrogens with two attached hydrogens (primary N) is 2. The molecule has 0 fully saturated rings. The summed E-state index contributed by atoms with van der Waals surface area (Å²) in [5.41, 5.74) is 12.3. The molecule has 0 unspecified atom stereocenters. The number of rotatable bonds is 4. The molecular weight excluding hydrogens is 295 g/mol. The minimum absolute atomic E-state index is 0. The van der Waals surface area contributed by atoms with E-state index in [2.05, 4.69) is 15.9 Å². The molecule has 0 saturated carbocycles. The van der Waals surface area contributed by atoms with Crippen molar-refractivity contribution in [2.45, 2.75) is 6.04 Å². The lowest BCUT2D eigenvalue weighted by atomic mass is 10.1. The van der Waals surface area contributed by atoms with Crippen LogP contribution in [0.4, 0.5) is 0 Å². The van der Waals surface area contributed by atoms with Gasteiger partial charge in [-0.25, -0.2) is 0 Å². The quantitative estimate of drug-likeness (QED) is 0.890. The first-order chi connectivity index (χ1) is 7.13. The molecule has 0 bridgehead atoms. The van der Waals surface area contributed by atoms with E-state index in [4.69, 9.17) is 20.9 Å². The van der Waals surface area contributed by atoms with Crippen LogP contribution in [0.2, 0.25) is 0 Å². The maximum atomic E-state index is 5.86. The molecule has 0 spiro atoms. The van der Waals surface area contributed by atoms with E-state index in [-0.39, 0.29) is 18.4 Å². The van der Waals surface area contributed by atoms with Crippen molar-refractivity contribution in [1.29, 1.82) is 0 Å². The first-order valence-electron chi connectivity index (χ1n) is 4.51. The fraction of sp³-hybridized carbons (Fsp3) is 0.400. The Kier molecular flexibility index (Phi) is 6.74. The van der Waals surface area contributed by atoms with E-state index in [1.54, 1.807) is 14.2 Å². The van der Waals surface area contributed by atoms with Gasteiger partial charge in [-0.2, -0.15) is 0 Å². The predicted molar refractivity (Wildman–Crippen MR) is 70.5 cm³/mol. The smallest absolute Gasteiger partial charge is 0.161 e. The van der Waals surface area contributed by atoms with Crippen molar-refractivity contribution in [3.63, 3.8) is 0 Å². The number of hydrogen-bond donors (Lipinski definition) is 2. The third kappa shape index (κ3) is 3.25. The van der Waals surface area contributed by atoms with Crippen molar-refractivity contribution < 1.29 is 9.47 Å². The minimum atomic E-state index is -0.209. The van der Waals surface area contributed by atoms with E-state index in [9.17, 15) is 0 Å². The molecule has 0 heterocycles. The first-order valence-corrected chi connectivity index (χ1v) is 5.30.